The summed E-state index contributed by atoms with van der Waals surface area (Å²) in [5, 5.41) is 8.90. The summed E-state index contributed by atoms with van der Waals surface area (Å²) in [6.07, 6.45) is 44.0. The van der Waals surface area contributed by atoms with E-state index in [0.717, 1.165) is 44.9 Å². The van der Waals surface area contributed by atoms with Gasteiger partial charge in [-0.15, -0.1) is 0 Å². The lowest BCUT2D eigenvalue weighted by atomic mass is 10.0. The van der Waals surface area contributed by atoms with Gasteiger partial charge in [-0.25, -0.2) is 4.57 Å². The van der Waals surface area contributed by atoms with Gasteiger partial charge in [0.15, 0.2) is 0 Å². The lowest BCUT2D eigenvalue weighted by Crippen LogP contribution is -2.34. The van der Waals surface area contributed by atoms with Crippen LogP contribution in [0.4, 0.5) is 0 Å². The van der Waals surface area contributed by atoms with E-state index in [1.807, 2.05) is 0 Å². The number of nitrogens with two attached hydrogens (primary N) is 1. The molecule has 0 amide bonds. The molecule has 0 saturated heterocycles. The zero-order valence-electron chi connectivity index (χ0n) is 36.2. The van der Waals surface area contributed by atoms with E-state index in [-0.39, 0.29) is 13.0 Å². The Hall–Kier alpha value is -1.29. The number of carbonyl (C=O) groups excluding carboxylic acids is 1. The van der Waals surface area contributed by atoms with Crippen molar-refractivity contribution in [3.05, 3.63) is 12.2 Å². The van der Waals surface area contributed by atoms with Crippen molar-refractivity contribution in [3.63, 3.8) is 0 Å². The van der Waals surface area contributed by atoms with Crippen molar-refractivity contribution in [1.82, 2.24) is 0 Å². The second kappa shape index (κ2) is 41.9. The normalized spacial score (nSPS) is 13.9. The Morgan fingerprint density at radius 2 is 0.929 bits per heavy atom. The highest BCUT2D eigenvalue weighted by molar-refractivity contribution is 7.47. The zero-order chi connectivity index (χ0) is 41.2. The minimum atomic E-state index is -4.61. The van der Waals surface area contributed by atoms with E-state index in [0.29, 0.717) is 6.61 Å². The van der Waals surface area contributed by atoms with E-state index in [1.165, 1.54) is 161 Å². The third-order valence-corrected chi connectivity index (χ3v) is 11.2. The van der Waals surface area contributed by atoms with Crippen LogP contribution in [0.15, 0.2) is 12.2 Å². The van der Waals surface area contributed by atoms with Crippen LogP contribution in [0.1, 0.15) is 226 Å². The maximum Gasteiger partial charge on any atom is 0.472 e. The van der Waals surface area contributed by atoms with Crippen molar-refractivity contribution in [3.8, 4) is 0 Å². The molecule has 0 heterocycles. The molecule has 0 fully saturated rings. The molecule has 3 atom stereocenters. The Kier molecular flexibility index (Phi) is 40.9. The molecule has 10 nitrogen and oxygen atoms in total. The molecule has 11 heteroatoms. The molecule has 0 aliphatic carbocycles. The number of hydrogen-bond donors (Lipinski definition) is 3. The molecular formula is C45H88NO9P. The average molecular weight is 818 g/mol. The van der Waals surface area contributed by atoms with Crippen LogP contribution in [0.2, 0.25) is 0 Å². The van der Waals surface area contributed by atoms with Gasteiger partial charge in [-0.3, -0.25) is 18.6 Å². The molecule has 0 spiro atoms. The summed E-state index contributed by atoms with van der Waals surface area (Å²) < 4.78 is 33.4. The first kappa shape index (κ1) is 54.7. The van der Waals surface area contributed by atoms with Crippen LogP contribution in [0.5, 0.6) is 0 Å². The highest BCUT2D eigenvalue weighted by atomic mass is 31.2. The van der Waals surface area contributed by atoms with E-state index >= 15 is 0 Å². The first-order chi connectivity index (χ1) is 27.2. The summed E-state index contributed by atoms with van der Waals surface area (Å²) in [7, 11) is -4.61. The standard InChI is InChI=1S/C45H88NO9P/c1-3-5-7-9-11-13-15-17-19-20-21-22-23-25-27-29-31-33-35-37-44(47)55-42(40-53-56(50,51)54-41-43(46)45(48)49)39-52-38-36-34-32-30-28-26-24-18-16-14-12-10-8-6-4-2/h16,18,42-43H,3-15,17,19-41,46H2,1-2H3,(H,48,49)(H,50,51)/b18-16-. The van der Waals surface area contributed by atoms with Crippen LogP contribution in [-0.2, 0) is 32.7 Å². The number of ether oxygens (including phenoxy) is 2. The summed E-state index contributed by atoms with van der Waals surface area (Å²) >= 11 is 0. The van der Waals surface area contributed by atoms with Gasteiger partial charge in [-0.1, -0.05) is 193 Å². The monoisotopic (exact) mass is 818 g/mol. The van der Waals surface area contributed by atoms with Gasteiger partial charge in [0.2, 0.25) is 0 Å². The van der Waals surface area contributed by atoms with Gasteiger partial charge in [0.25, 0.3) is 0 Å². The molecule has 0 aliphatic heterocycles. The molecule has 0 aromatic carbocycles. The lowest BCUT2D eigenvalue weighted by Gasteiger charge is -2.20. The molecule has 0 saturated carbocycles. The van der Waals surface area contributed by atoms with Crippen LogP contribution in [0.25, 0.3) is 0 Å². The maximum atomic E-state index is 12.7. The van der Waals surface area contributed by atoms with Crippen molar-refractivity contribution in [1.29, 1.82) is 0 Å². The number of carboxylic acids is 1. The Balaban J connectivity index is 4.16. The quantitative estimate of drug-likeness (QED) is 0.0234. The molecular weight excluding hydrogens is 729 g/mol. The number of aliphatic carboxylic acids is 1. The lowest BCUT2D eigenvalue weighted by molar-refractivity contribution is -0.154. The molecule has 4 N–H and O–H groups in total. The second-order valence-electron chi connectivity index (χ2n) is 15.9. The van der Waals surface area contributed by atoms with E-state index in [1.54, 1.807) is 0 Å². The largest absolute Gasteiger partial charge is 0.480 e. The Bertz CT molecular complexity index is 951. The number of carboxylic acid groups (broad SMARTS) is 1. The third-order valence-electron chi connectivity index (χ3n) is 10.3. The number of carbonyl (C=O) groups is 2. The van der Waals surface area contributed by atoms with E-state index in [4.69, 9.17) is 29.4 Å². The molecule has 0 radical (unpaired) electrons. The molecule has 0 aliphatic rings. The Morgan fingerprint density at radius 3 is 1.36 bits per heavy atom. The highest BCUT2D eigenvalue weighted by Crippen LogP contribution is 2.43. The smallest absolute Gasteiger partial charge is 0.472 e. The van der Waals surface area contributed by atoms with Gasteiger partial charge in [-0.2, -0.15) is 0 Å². The highest BCUT2D eigenvalue weighted by Gasteiger charge is 2.27. The van der Waals surface area contributed by atoms with Gasteiger partial charge < -0.3 is 25.2 Å². The number of phosphoric ester groups is 1. The number of phosphoric acid groups is 1. The fourth-order valence-corrected chi connectivity index (χ4v) is 7.44. The molecule has 0 rings (SSSR count). The minimum absolute atomic E-state index is 0.0184. The number of esters is 1. The fraction of sp³-hybridized carbons (Fsp3) is 0.911. The summed E-state index contributed by atoms with van der Waals surface area (Å²) in [5.74, 6) is -1.77. The molecule has 0 aromatic rings. The predicted octanol–water partition coefficient (Wildman–Crippen LogP) is 12.9. The first-order valence-corrected chi connectivity index (χ1v) is 24.7. The van der Waals surface area contributed by atoms with E-state index in [2.05, 4.69) is 26.0 Å². The Labute approximate surface area is 343 Å². The van der Waals surface area contributed by atoms with Crippen molar-refractivity contribution in [2.75, 3.05) is 26.4 Å². The fourth-order valence-electron chi connectivity index (χ4n) is 6.66. The summed E-state index contributed by atoms with van der Waals surface area (Å²) in [6, 6.07) is -1.47. The SMILES string of the molecule is CCCCCCC/C=C\CCCCCCCCOCC(COP(=O)(O)OCC(N)C(=O)O)OC(=O)CCCCCCCCCCCCCCCCCCCCC. The topological polar surface area (TPSA) is 155 Å². The van der Waals surface area contributed by atoms with Gasteiger partial charge in [0.1, 0.15) is 12.1 Å². The van der Waals surface area contributed by atoms with Crippen LogP contribution >= 0.6 is 7.82 Å². The molecule has 332 valence electrons. The zero-order valence-corrected chi connectivity index (χ0v) is 37.1. The molecule has 0 bridgehead atoms. The average Bonchev–Trinajstić information content (AvgIpc) is 3.18. The van der Waals surface area contributed by atoms with Crippen LogP contribution in [0, 0.1) is 0 Å². The molecule has 3 unspecified atom stereocenters. The minimum Gasteiger partial charge on any atom is -0.480 e. The summed E-state index contributed by atoms with van der Waals surface area (Å²) in [5.41, 5.74) is 5.36. The summed E-state index contributed by atoms with van der Waals surface area (Å²) in [4.78, 5) is 33.6. The van der Waals surface area contributed by atoms with Crippen LogP contribution in [-0.4, -0.2) is 60.5 Å². The van der Waals surface area contributed by atoms with Crippen molar-refractivity contribution >= 4 is 19.8 Å². The third kappa shape index (κ3) is 40.9. The van der Waals surface area contributed by atoms with Crippen LogP contribution < -0.4 is 5.73 Å². The Morgan fingerprint density at radius 1 is 0.554 bits per heavy atom. The predicted molar refractivity (Wildman–Crippen MR) is 231 cm³/mol. The van der Waals surface area contributed by atoms with Gasteiger partial charge in [-0.05, 0) is 38.5 Å². The van der Waals surface area contributed by atoms with Gasteiger partial charge in [0.05, 0.1) is 19.8 Å². The van der Waals surface area contributed by atoms with Gasteiger partial charge in [0, 0.05) is 13.0 Å². The number of hydrogen-bond acceptors (Lipinski definition) is 8. The second-order valence-corrected chi connectivity index (χ2v) is 17.3. The van der Waals surface area contributed by atoms with Gasteiger partial charge >= 0.3 is 19.8 Å². The molecule has 56 heavy (non-hydrogen) atoms. The number of unbranched alkanes of at least 4 members (excludes halogenated alkanes) is 29. The maximum absolute atomic E-state index is 12.7. The first-order valence-electron chi connectivity index (χ1n) is 23.2. The number of rotatable bonds is 45. The number of allylic oxidation sites excluding steroid dienone is 2. The van der Waals surface area contributed by atoms with E-state index in [9.17, 15) is 19.0 Å². The molecule has 0 aromatic heterocycles. The van der Waals surface area contributed by atoms with Crippen molar-refractivity contribution in [2.45, 2.75) is 238 Å². The van der Waals surface area contributed by atoms with Crippen molar-refractivity contribution in [2.24, 2.45) is 5.73 Å². The van der Waals surface area contributed by atoms with Crippen LogP contribution in [0.3, 0.4) is 0 Å². The van der Waals surface area contributed by atoms with E-state index < -0.39 is 45.1 Å². The van der Waals surface area contributed by atoms with Crippen molar-refractivity contribution < 1.29 is 42.7 Å². The summed E-state index contributed by atoms with van der Waals surface area (Å²) in [6.45, 7) is 3.90.